The summed E-state index contributed by atoms with van der Waals surface area (Å²) < 4.78 is 17.1. The molecule has 0 bridgehead atoms. The summed E-state index contributed by atoms with van der Waals surface area (Å²) in [5.74, 6) is 0.805. The van der Waals surface area contributed by atoms with Crippen molar-refractivity contribution < 1.29 is 13.9 Å². The van der Waals surface area contributed by atoms with E-state index >= 15 is 0 Å². The van der Waals surface area contributed by atoms with Gasteiger partial charge >= 0.3 is 0 Å². The van der Waals surface area contributed by atoms with Gasteiger partial charge in [0.05, 0.1) is 24.6 Å². The molecule has 0 aliphatic carbocycles. The standard InChI is InChI=1S/C13H21NO3/c1-9-6-11(7-10(2)16-9)17-13(8-14)12-4-3-5-15-12/h3-5,9-11,13H,6-8,14H2,1-2H3. The van der Waals surface area contributed by atoms with Gasteiger partial charge in [0.25, 0.3) is 0 Å². The van der Waals surface area contributed by atoms with E-state index in [4.69, 9.17) is 19.6 Å². The zero-order chi connectivity index (χ0) is 12.3. The zero-order valence-electron chi connectivity index (χ0n) is 10.5. The molecule has 4 heteroatoms. The molecule has 0 saturated carbocycles. The average molecular weight is 239 g/mol. The maximum Gasteiger partial charge on any atom is 0.133 e. The van der Waals surface area contributed by atoms with E-state index in [0.29, 0.717) is 6.54 Å². The molecule has 0 radical (unpaired) electrons. The molecule has 4 nitrogen and oxygen atoms in total. The van der Waals surface area contributed by atoms with E-state index in [0.717, 1.165) is 18.6 Å². The number of hydrogen-bond donors (Lipinski definition) is 1. The highest BCUT2D eigenvalue weighted by Crippen LogP contribution is 2.27. The Balaban J connectivity index is 1.94. The van der Waals surface area contributed by atoms with Crippen molar-refractivity contribution in [2.45, 2.75) is 51.1 Å². The van der Waals surface area contributed by atoms with Gasteiger partial charge in [0.1, 0.15) is 11.9 Å². The lowest BCUT2D eigenvalue weighted by Crippen LogP contribution is -2.35. The van der Waals surface area contributed by atoms with E-state index in [1.807, 2.05) is 12.1 Å². The summed E-state index contributed by atoms with van der Waals surface area (Å²) in [6.45, 7) is 4.60. The Kier molecular flexibility index (Phi) is 4.20. The normalized spacial score (nSPS) is 31.4. The summed E-state index contributed by atoms with van der Waals surface area (Å²) in [7, 11) is 0. The first kappa shape index (κ1) is 12.6. The largest absolute Gasteiger partial charge is 0.467 e. The van der Waals surface area contributed by atoms with Crippen LogP contribution in [0.1, 0.15) is 38.6 Å². The molecule has 2 N–H and O–H groups in total. The van der Waals surface area contributed by atoms with Gasteiger partial charge in [-0.25, -0.2) is 0 Å². The summed E-state index contributed by atoms with van der Waals surface area (Å²) in [4.78, 5) is 0. The first-order valence-corrected chi connectivity index (χ1v) is 6.23. The maximum atomic E-state index is 6.03. The Morgan fingerprint density at radius 2 is 2.12 bits per heavy atom. The van der Waals surface area contributed by atoms with Crippen LogP contribution in [0.4, 0.5) is 0 Å². The lowest BCUT2D eigenvalue weighted by atomic mass is 10.0. The number of furan rings is 1. The van der Waals surface area contributed by atoms with Gasteiger partial charge in [0.2, 0.25) is 0 Å². The molecule has 96 valence electrons. The summed E-state index contributed by atoms with van der Waals surface area (Å²) in [6, 6.07) is 3.76. The second-order valence-electron chi connectivity index (χ2n) is 4.73. The van der Waals surface area contributed by atoms with E-state index in [-0.39, 0.29) is 24.4 Å². The van der Waals surface area contributed by atoms with Crippen molar-refractivity contribution in [3.05, 3.63) is 24.2 Å². The van der Waals surface area contributed by atoms with Crippen LogP contribution in [0.3, 0.4) is 0 Å². The highest BCUT2D eigenvalue weighted by molar-refractivity contribution is 5.03. The van der Waals surface area contributed by atoms with Crippen molar-refractivity contribution in [2.24, 2.45) is 5.73 Å². The Morgan fingerprint density at radius 3 is 2.65 bits per heavy atom. The van der Waals surface area contributed by atoms with Crippen LogP contribution in [0.2, 0.25) is 0 Å². The van der Waals surface area contributed by atoms with Crippen molar-refractivity contribution in [2.75, 3.05) is 6.54 Å². The molecule has 3 atom stereocenters. The van der Waals surface area contributed by atoms with Crippen molar-refractivity contribution in [3.63, 3.8) is 0 Å². The van der Waals surface area contributed by atoms with Crippen LogP contribution in [0.25, 0.3) is 0 Å². The van der Waals surface area contributed by atoms with Crippen molar-refractivity contribution in [1.82, 2.24) is 0 Å². The Labute approximate surface area is 102 Å². The molecule has 1 aliphatic rings. The van der Waals surface area contributed by atoms with Gasteiger partial charge < -0.3 is 19.6 Å². The third-order valence-electron chi connectivity index (χ3n) is 3.09. The topological polar surface area (TPSA) is 57.6 Å². The zero-order valence-corrected chi connectivity index (χ0v) is 10.5. The molecule has 3 unspecified atom stereocenters. The number of ether oxygens (including phenoxy) is 2. The lowest BCUT2D eigenvalue weighted by Gasteiger charge is -2.33. The van der Waals surface area contributed by atoms with Crippen molar-refractivity contribution in [1.29, 1.82) is 0 Å². The van der Waals surface area contributed by atoms with Crippen LogP contribution in [0.5, 0.6) is 0 Å². The number of hydrogen-bond acceptors (Lipinski definition) is 4. The Hall–Kier alpha value is -0.840. The van der Waals surface area contributed by atoms with E-state index in [1.165, 1.54) is 0 Å². The van der Waals surface area contributed by atoms with Gasteiger partial charge in [-0.05, 0) is 38.8 Å². The van der Waals surface area contributed by atoms with Crippen LogP contribution in [-0.2, 0) is 9.47 Å². The fourth-order valence-corrected chi connectivity index (χ4v) is 2.40. The van der Waals surface area contributed by atoms with E-state index < -0.39 is 0 Å². The van der Waals surface area contributed by atoms with Gasteiger partial charge in [-0.3, -0.25) is 0 Å². The van der Waals surface area contributed by atoms with Crippen LogP contribution in [0, 0.1) is 0 Å². The van der Waals surface area contributed by atoms with Crippen LogP contribution in [-0.4, -0.2) is 24.9 Å². The first-order chi connectivity index (χ1) is 8.19. The third-order valence-corrected chi connectivity index (χ3v) is 3.09. The highest BCUT2D eigenvalue weighted by Gasteiger charge is 2.28. The monoisotopic (exact) mass is 239 g/mol. The summed E-state index contributed by atoms with van der Waals surface area (Å²) >= 11 is 0. The lowest BCUT2D eigenvalue weighted by molar-refractivity contribution is -0.124. The summed E-state index contributed by atoms with van der Waals surface area (Å²) in [5.41, 5.74) is 5.73. The van der Waals surface area contributed by atoms with Gasteiger partial charge in [0.15, 0.2) is 0 Å². The van der Waals surface area contributed by atoms with Crippen LogP contribution < -0.4 is 5.73 Å². The number of nitrogens with two attached hydrogens (primary N) is 1. The minimum Gasteiger partial charge on any atom is -0.467 e. The van der Waals surface area contributed by atoms with Crippen LogP contribution in [0.15, 0.2) is 22.8 Å². The van der Waals surface area contributed by atoms with Crippen LogP contribution >= 0.6 is 0 Å². The van der Waals surface area contributed by atoms with Gasteiger partial charge in [-0.1, -0.05) is 0 Å². The summed E-state index contributed by atoms with van der Waals surface area (Å²) in [6.07, 6.45) is 4.04. The first-order valence-electron chi connectivity index (χ1n) is 6.23. The van der Waals surface area contributed by atoms with Crippen molar-refractivity contribution in [3.8, 4) is 0 Å². The molecule has 2 rings (SSSR count). The van der Waals surface area contributed by atoms with Gasteiger partial charge in [-0.15, -0.1) is 0 Å². The van der Waals surface area contributed by atoms with E-state index in [1.54, 1.807) is 6.26 Å². The van der Waals surface area contributed by atoms with Gasteiger partial charge in [0, 0.05) is 6.54 Å². The molecule has 1 aromatic heterocycles. The predicted molar refractivity (Wildman–Crippen MR) is 64.6 cm³/mol. The Bertz CT molecular complexity index is 315. The smallest absolute Gasteiger partial charge is 0.133 e. The van der Waals surface area contributed by atoms with E-state index in [2.05, 4.69) is 13.8 Å². The minimum absolute atomic E-state index is 0.146. The molecule has 17 heavy (non-hydrogen) atoms. The second-order valence-corrected chi connectivity index (χ2v) is 4.73. The highest BCUT2D eigenvalue weighted by atomic mass is 16.5. The quantitative estimate of drug-likeness (QED) is 0.875. The molecule has 0 spiro atoms. The molecule has 0 amide bonds. The van der Waals surface area contributed by atoms with E-state index in [9.17, 15) is 0 Å². The molecular weight excluding hydrogens is 218 g/mol. The molecule has 1 fully saturated rings. The molecular formula is C13H21NO3. The molecule has 1 aliphatic heterocycles. The van der Waals surface area contributed by atoms with Crippen molar-refractivity contribution >= 4 is 0 Å². The number of rotatable bonds is 4. The SMILES string of the molecule is CC1CC(OC(CN)c2ccco2)CC(C)O1. The fraction of sp³-hybridized carbons (Fsp3) is 0.692. The molecule has 0 aromatic carbocycles. The average Bonchev–Trinajstić information content (AvgIpc) is 2.77. The molecule has 2 heterocycles. The molecule has 1 saturated heterocycles. The predicted octanol–water partition coefficient (Wildman–Crippen LogP) is 2.25. The van der Waals surface area contributed by atoms with Gasteiger partial charge in [-0.2, -0.15) is 0 Å². The molecule has 1 aromatic rings. The third kappa shape index (κ3) is 3.31. The Morgan fingerprint density at radius 1 is 1.41 bits per heavy atom. The fourth-order valence-electron chi connectivity index (χ4n) is 2.40. The maximum absolute atomic E-state index is 6.03. The second kappa shape index (κ2) is 5.67. The summed E-state index contributed by atoms with van der Waals surface area (Å²) in [5, 5.41) is 0. The minimum atomic E-state index is -0.146.